The van der Waals surface area contributed by atoms with Gasteiger partial charge in [-0.3, -0.25) is 0 Å². The molecule has 0 aromatic heterocycles. The van der Waals surface area contributed by atoms with Crippen molar-refractivity contribution in [1.82, 2.24) is 5.32 Å². The number of hydrogen-bond donors (Lipinski definition) is 2. The molecule has 0 spiro atoms. The third kappa shape index (κ3) is 5.35. The molecule has 0 radical (unpaired) electrons. The molecular formula is C12H23NO3. The minimum absolute atomic E-state index is 0.145. The summed E-state index contributed by atoms with van der Waals surface area (Å²) in [6.45, 7) is 5.55. The molecule has 1 rings (SSSR count). The summed E-state index contributed by atoms with van der Waals surface area (Å²) in [4.78, 5) is 11.5. The van der Waals surface area contributed by atoms with Gasteiger partial charge in [-0.25, -0.2) is 4.79 Å². The lowest BCUT2D eigenvalue weighted by Crippen LogP contribution is -2.38. The van der Waals surface area contributed by atoms with Gasteiger partial charge in [-0.05, 0) is 52.9 Å². The molecule has 1 fully saturated rings. The molecule has 2 N–H and O–H groups in total. The van der Waals surface area contributed by atoms with Crippen LogP contribution in [0.2, 0.25) is 0 Å². The smallest absolute Gasteiger partial charge is 0.407 e. The fourth-order valence-electron chi connectivity index (χ4n) is 1.90. The van der Waals surface area contributed by atoms with E-state index in [1.54, 1.807) is 0 Å². The second kappa shape index (κ2) is 5.53. The van der Waals surface area contributed by atoms with E-state index in [4.69, 9.17) is 4.74 Å². The minimum Gasteiger partial charge on any atom is -0.444 e. The van der Waals surface area contributed by atoms with Crippen molar-refractivity contribution in [3.8, 4) is 0 Å². The second-order valence-electron chi connectivity index (χ2n) is 5.51. The van der Waals surface area contributed by atoms with Gasteiger partial charge in [0.25, 0.3) is 0 Å². The molecule has 0 unspecified atom stereocenters. The van der Waals surface area contributed by atoms with Crippen LogP contribution in [0.3, 0.4) is 0 Å². The highest BCUT2D eigenvalue weighted by atomic mass is 16.6. The third-order valence-corrected chi connectivity index (χ3v) is 2.66. The maximum absolute atomic E-state index is 11.5. The Bertz CT molecular complexity index is 235. The average Bonchev–Trinajstić information content (AvgIpc) is 2.27. The summed E-state index contributed by atoms with van der Waals surface area (Å²) in [6.07, 6.45) is 3.77. The first-order valence-electron chi connectivity index (χ1n) is 6.04. The molecule has 94 valence electrons. The summed E-state index contributed by atoms with van der Waals surface area (Å²) in [7, 11) is 0. The van der Waals surface area contributed by atoms with Gasteiger partial charge in [0.2, 0.25) is 0 Å². The summed E-state index contributed by atoms with van der Waals surface area (Å²) in [5.41, 5.74) is -0.450. The number of carbonyl (C=O) groups is 1. The van der Waals surface area contributed by atoms with E-state index < -0.39 is 5.60 Å². The van der Waals surface area contributed by atoms with Crippen LogP contribution in [-0.2, 0) is 4.74 Å². The van der Waals surface area contributed by atoms with Crippen LogP contribution in [0.1, 0.15) is 52.9 Å². The Morgan fingerprint density at radius 2 is 1.94 bits per heavy atom. The number of nitrogens with one attached hydrogen (secondary N) is 1. The van der Waals surface area contributed by atoms with Crippen molar-refractivity contribution in [3.05, 3.63) is 0 Å². The molecular weight excluding hydrogens is 206 g/mol. The van der Waals surface area contributed by atoms with Gasteiger partial charge >= 0.3 is 6.09 Å². The van der Waals surface area contributed by atoms with E-state index >= 15 is 0 Å². The van der Waals surface area contributed by atoms with Crippen LogP contribution in [0.15, 0.2) is 0 Å². The third-order valence-electron chi connectivity index (χ3n) is 2.66. The van der Waals surface area contributed by atoms with Crippen molar-refractivity contribution in [1.29, 1.82) is 0 Å². The number of hydrogen-bond acceptors (Lipinski definition) is 3. The van der Waals surface area contributed by atoms with Gasteiger partial charge in [0.15, 0.2) is 0 Å². The first kappa shape index (κ1) is 13.3. The van der Waals surface area contributed by atoms with Gasteiger partial charge in [-0.1, -0.05) is 0 Å². The second-order valence-corrected chi connectivity index (χ2v) is 5.51. The van der Waals surface area contributed by atoms with Gasteiger partial charge < -0.3 is 15.2 Å². The normalized spacial score (nSPS) is 27.0. The lowest BCUT2D eigenvalue weighted by molar-refractivity contribution is 0.0498. The Kier molecular flexibility index (Phi) is 4.59. The number of ether oxygens (including phenoxy) is 1. The average molecular weight is 229 g/mol. The molecule has 0 aliphatic heterocycles. The summed E-state index contributed by atoms with van der Waals surface area (Å²) in [5, 5.41) is 12.3. The Labute approximate surface area is 97.4 Å². The molecule has 0 bridgehead atoms. The molecule has 0 heterocycles. The Hall–Kier alpha value is -0.770. The molecule has 0 aromatic carbocycles. The van der Waals surface area contributed by atoms with Crippen LogP contribution < -0.4 is 5.32 Å². The monoisotopic (exact) mass is 229 g/mol. The van der Waals surface area contributed by atoms with Crippen LogP contribution in [0.4, 0.5) is 4.79 Å². The van der Waals surface area contributed by atoms with Crippen LogP contribution in [0.5, 0.6) is 0 Å². The number of alkyl carbamates (subject to hydrolysis) is 1. The fraction of sp³-hybridized carbons (Fsp3) is 0.917. The van der Waals surface area contributed by atoms with Crippen molar-refractivity contribution in [2.45, 2.75) is 70.6 Å². The molecule has 4 heteroatoms. The Balaban J connectivity index is 2.33. The topological polar surface area (TPSA) is 58.6 Å². The lowest BCUT2D eigenvalue weighted by atomic mass is 10.1. The highest BCUT2D eigenvalue weighted by Gasteiger charge is 2.22. The van der Waals surface area contributed by atoms with E-state index in [1.807, 2.05) is 20.8 Å². The van der Waals surface area contributed by atoms with E-state index in [-0.39, 0.29) is 18.2 Å². The molecule has 1 saturated carbocycles. The summed E-state index contributed by atoms with van der Waals surface area (Å²) in [6, 6.07) is 0.145. The zero-order chi connectivity index (χ0) is 12.2. The zero-order valence-electron chi connectivity index (χ0n) is 10.5. The maximum Gasteiger partial charge on any atom is 0.407 e. The summed E-state index contributed by atoms with van der Waals surface area (Å²) in [5.74, 6) is 0. The predicted octanol–water partition coefficient (Wildman–Crippen LogP) is 2.20. The number of rotatable bonds is 1. The Morgan fingerprint density at radius 3 is 2.56 bits per heavy atom. The van der Waals surface area contributed by atoms with E-state index in [1.165, 1.54) is 0 Å². The van der Waals surface area contributed by atoms with Crippen molar-refractivity contribution < 1.29 is 14.6 Å². The van der Waals surface area contributed by atoms with E-state index in [0.29, 0.717) is 0 Å². The van der Waals surface area contributed by atoms with Gasteiger partial charge in [0.05, 0.1) is 6.10 Å². The lowest BCUT2D eigenvalue weighted by Gasteiger charge is -2.22. The van der Waals surface area contributed by atoms with E-state index in [9.17, 15) is 9.90 Å². The minimum atomic E-state index is -0.450. The molecule has 0 saturated heterocycles. The molecule has 4 nitrogen and oxygen atoms in total. The zero-order valence-corrected chi connectivity index (χ0v) is 10.5. The summed E-state index contributed by atoms with van der Waals surface area (Å²) >= 11 is 0. The molecule has 2 atom stereocenters. The predicted molar refractivity (Wildman–Crippen MR) is 62.2 cm³/mol. The number of carbonyl (C=O) groups excluding carboxylic acids is 1. The molecule has 1 aliphatic carbocycles. The molecule has 1 amide bonds. The SMILES string of the molecule is CC(C)(C)OC(=O)N[C@H]1CCC[C@H](O)CC1. The standard InChI is InChI=1S/C12H23NO3/c1-12(2,3)16-11(15)13-9-5-4-6-10(14)8-7-9/h9-10,14H,4-8H2,1-3H3,(H,13,15)/t9-,10-/m0/s1. The first-order chi connectivity index (χ1) is 7.37. The van der Waals surface area contributed by atoms with Gasteiger partial charge in [-0.2, -0.15) is 0 Å². The fourth-order valence-corrected chi connectivity index (χ4v) is 1.90. The van der Waals surface area contributed by atoms with Crippen LogP contribution in [0, 0.1) is 0 Å². The van der Waals surface area contributed by atoms with Crippen molar-refractivity contribution in [2.24, 2.45) is 0 Å². The van der Waals surface area contributed by atoms with Gasteiger partial charge in [-0.15, -0.1) is 0 Å². The highest BCUT2D eigenvalue weighted by Crippen LogP contribution is 2.18. The number of aliphatic hydroxyl groups is 1. The van der Waals surface area contributed by atoms with Crippen LogP contribution in [0.25, 0.3) is 0 Å². The quantitative estimate of drug-likeness (QED) is 0.678. The van der Waals surface area contributed by atoms with Crippen LogP contribution >= 0.6 is 0 Å². The molecule has 1 aliphatic rings. The van der Waals surface area contributed by atoms with Crippen molar-refractivity contribution in [3.63, 3.8) is 0 Å². The first-order valence-corrected chi connectivity index (χ1v) is 6.04. The Morgan fingerprint density at radius 1 is 1.25 bits per heavy atom. The maximum atomic E-state index is 11.5. The van der Waals surface area contributed by atoms with Crippen LogP contribution in [-0.4, -0.2) is 28.9 Å². The number of amides is 1. The number of aliphatic hydroxyl groups excluding tert-OH is 1. The van der Waals surface area contributed by atoms with Gasteiger partial charge in [0, 0.05) is 6.04 Å². The summed E-state index contributed by atoms with van der Waals surface area (Å²) < 4.78 is 5.20. The van der Waals surface area contributed by atoms with Gasteiger partial charge in [0.1, 0.15) is 5.60 Å². The largest absolute Gasteiger partial charge is 0.444 e. The molecule has 16 heavy (non-hydrogen) atoms. The molecule has 0 aromatic rings. The van der Waals surface area contributed by atoms with Crippen molar-refractivity contribution >= 4 is 6.09 Å². The van der Waals surface area contributed by atoms with E-state index in [0.717, 1.165) is 32.1 Å². The van der Waals surface area contributed by atoms with E-state index in [2.05, 4.69) is 5.32 Å². The highest BCUT2D eigenvalue weighted by molar-refractivity contribution is 5.68. The van der Waals surface area contributed by atoms with Crippen molar-refractivity contribution in [2.75, 3.05) is 0 Å².